The van der Waals surface area contributed by atoms with Crippen molar-refractivity contribution in [2.75, 3.05) is 13.2 Å². The summed E-state index contributed by atoms with van der Waals surface area (Å²) in [4.78, 5) is 12.9. The van der Waals surface area contributed by atoms with Crippen LogP contribution in [0.25, 0.3) is 22.3 Å². The molecule has 0 atom stereocenters. The maximum absolute atomic E-state index is 12.9. The van der Waals surface area contributed by atoms with Gasteiger partial charge in [0.05, 0.1) is 13.2 Å². The first-order valence-corrected chi connectivity index (χ1v) is 7.81. The second kappa shape index (κ2) is 6.66. The first kappa shape index (κ1) is 15.9. The summed E-state index contributed by atoms with van der Waals surface area (Å²) < 4.78 is 16.8. The van der Waals surface area contributed by atoms with E-state index in [2.05, 4.69) is 0 Å². The van der Waals surface area contributed by atoms with E-state index >= 15 is 0 Å². The maximum atomic E-state index is 12.9. The number of hydrogen-bond donors (Lipinski definition) is 1. The fourth-order valence-electron chi connectivity index (χ4n) is 2.56. The molecule has 124 valence electrons. The molecule has 0 aliphatic carbocycles. The fraction of sp³-hybridized carbons (Fsp3) is 0.211. The van der Waals surface area contributed by atoms with E-state index in [1.54, 1.807) is 26.0 Å². The van der Waals surface area contributed by atoms with E-state index in [1.165, 1.54) is 0 Å². The Balaban J connectivity index is 2.33. The Morgan fingerprint density at radius 3 is 2.38 bits per heavy atom. The Morgan fingerprint density at radius 1 is 1.00 bits per heavy atom. The molecule has 5 heteroatoms. The van der Waals surface area contributed by atoms with Gasteiger partial charge in [-0.3, -0.25) is 4.79 Å². The van der Waals surface area contributed by atoms with Gasteiger partial charge in [0.15, 0.2) is 17.3 Å². The average Bonchev–Trinajstić information content (AvgIpc) is 2.60. The average molecular weight is 326 g/mol. The highest BCUT2D eigenvalue weighted by molar-refractivity contribution is 5.89. The van der Waals surface area contributed by atoms with Crippen molar-refractivity contribution in [1.29, 1.82) is 0 Å². The number of phenols is 1. The molecule has 0 radical (unpaired) electrons. The van der Waals surface area contributed by atoms with E-state index in [0.717, 1.165) is 5.56 Å². The van der Waals surface area contributed by atoms with Crippen molar-refractivity contribution in [3.8, 4) is 28.6 Å². The van der Waals surface area contributed by atoms with Crippen LogP contribution < -0.4 is 14.9 Å². The Hall–Kier alpha value is -2.95. The molecule has 3 aromatic rings. The zero-order valence-corrected chi connectivity index (χ0v) is 13.5. The van der Waals surface area contributed by atoms with Crippen LogP contribution in [0, 0.1) is 0 Å². The van der Waals surface area contributed by atoms with Gasteiger partial charge in [-0.25, -0.2) is 0 Å². The Kier molecular flexibility index (Phi) is 4.42. The Bertz CT molecular complexity index is 912. The molecule has 0 bridgehead atoms. The summed E-state index contributed by atoms with van der Waals surface area (Å²) in [5.41, 5.74) is 0.590. The number of hydrogen-bond acceptors (Lipinski definition) is 5. The Morgan fingerprint density at radius 2 is 1.71 bits per heavy atom. The predicted molar refractivity (Wildman–Crippen MR) is 91.9 cm³/mol. The van der Waals surface area contributed by atoms with Gasteiger partial charge in [0.2, 0.25) is 11.2 Å². The van der Waals surface area contributed by atoms with Crippen LogP contribution in [0.4, 0.5) is 0 Å². The van der Waals surface area contributed by atoms with Gasteiger partial charge in [-0.05, 0) is 26.0 Å². The van der Waals surface area contributed by atoms with Crippen molar-refractivity contribution in [2.45, 2.75) is 13.8 Å². The van der Waals surface area contributed by atoms with Crippen molar-refractivity contribution in [1.82, 2.24) is 0 Å². The van der Waals surface area contributed by atoms with Crippen LogP contribution in [0.5, 0.6) is 17.2 Å². The number of phenolic OH excluding ortho intramolecular Hbond substituents is 1. The summed E-state index contributed by atoms with van der Waals surface area (Å²) in [6.45, 7) is 4.28. The van der Waals surface area contributed by atoms with Crippen LogP contribution in [0.15, 0.2) is 51.7 Å². The molecule has 0 unspecified atom stereocenters. The first-order valence-electron chi connectivity index (χ1n) is 7.81. The van der Waals surface area contributed by atoms with Gasteiger partial charge in [-0.1, -0.05) is 30.3 Å². The summed E-state index contributed by atoms with van der Waals surface area (Å²) in [5, 5.41) is 10.4. The molecule has 0 saturated carbocycles. The van der Waals surface area contributed by atoms with Gasteiger partial charge < -0.3 is 19.0 Å². The molecule has 0 amide bonds. The molecule has 1 heterocycles. The van der Waals surface area contributed by atoms with E-state index in [1.807, 2.05) is 30.3 Å². The minimum Gasteiger partial charge on any atom is -0.504 e. The summed E-state index contributed by atoms with van der Waals surface area (Å²) >= 11 is 0. The third-order valence-electron chi connectivity index (χ3n) is 3.58. The second-order valence-corrected chi connectivity index (χ2v) is 5.11. The highest BCUT2D eigenvalue weighted by atomic mass is 16.5. The highest BCUT2D eigenvalue weighted by Gasteiger charge is 2.21. The summed E-state index contributed by atoms with van der Waals surface area (Å²) in [6.07, 6.45) is 0. The van der Waals surface area contributed by atoms with Crippen molar-refractivity contribution in [3.05, 3.63) is 52.7 Å². The topological polar surface area (TPSA) is 68.9 Å². The van der Waals surface area contributed by atoms with E-state index in [-0.39, 0.29) is 28.2 Å². The number of fused-ring (bicyclic) bond motifs is 1. The van der Waals surface area contributed by atoms with Gasteiger partial charge in [-0.2, -0.15) is 0 Å². The van der Waals surface area contributed by atoms with Gasteiger partial charge >= 0.3 is 0 Å². The summed E-state index contributed by atoms with van der Waals surface area (Å²) in [5.74, 6) is 0.439. The first-order chi connectivity index (χ1) is 11.7. The van der Waals surface area contributed by atoms with E-state index in [0.29, 0.717) is 19.0 Å². The second-order valence-electron chi connectivity index (χ2n) is 5.11. The molecule has 0 spiro atoms. The minimum absolute atomic E-state index is 0.0593. The molecule has 1 aromatic heterocycles. The van der Waals surface area contributed by atoms with Crippen LogP contribution in [-0.2, 0) is 0 Å². The van der Waals surface area contributed by atoms with Gasteiger partial charge in [0.1, 0.15) is 11.0 Å². The van der Waals surface area contributed by atoms with Crippen molar-refractivity contribution < 1.29 is 19.0 Å². The molecule has 0 saturated heterocycles. The molecule has 1 N–H and O–H groups in total. The van der Waals surface area contributed by atoms with Crippen molar-refractivity contribution in [2.24, 2.45) is 0 Å². The number of benzene rings is 2. The van der Waals surface area contributed by atoms with Crippen LogP contribution in [-0.4, -0.2) is 18.3 Å². The molecular weight excluding hydrogens is 308 g/mol. The highest BCUT2D eigenvalue weighted by Crippen LogP contribution is 2.37. The zero-order valence-electron chi connectivity index (χ0n) is 13.5. The smallest absolute Gasteiger partial charge is 0.239 e. The third kappa shape index (κ3) is 2.69. The van der Waals surface area contributed by atoms with E-state index in [9.17, 15) is 9.90 Å². The standard InChI is InChI=1S/C19H18O5/c1-3-22-14-11-10-13-15(16(14)20)17(21)19(23-4-2)18(24-13)12-8-6-5-7-9-12/h5-11,20H,3-4H2,1-2H3. The lowest BCUT2D eigenvalue weighted by atomic mass is 10.1. The fourth-order valence-corrected chi connectivity index (χ4v) is 2.56. The maximum Gasteiger partial charge on any atom is 0.239 e. The monoisotopic (exact) mass is 326 g/mol. The zero-order chi connectivity index (χ0) is 17.1. The summed E-state index contributed by atoms with van der Waals surface area (Å²) in [6, 6.07) is 12.4. The molecule has 0 aliphatic heterocycles. The van der Waals surface area contributed by atoms with Gasteiger partial charge in [0.25, 0.3) is 0 Å². The SMILES string of the molecule is CCOc1ccc2oc(-c3ccccc3)c(OCC)c(=O)c2c1O. The molecular formula is C19H18O5. The number of rotatable bonds is 5. The Labute approximate surface area is 139 Å². The molecule has 24 heavy (non-hydrogen) atoms. The predicted octanol–water partition coefficient (Wildman–Crippen LogP) is 3.96. The molecule has 0 aliphatic rings. The summed E-state index contributed by atoms with van der Waals surface area (Å²) in [7, 11) is 0. The third-order valence-corrected chi connectivity index (χ3v) is 3.58. The van der Waals surface area contributed by atoms with Crippen LogP contribution >= 0.6 is 0 Å². The van der Waals surface area contributed by atoms with E-state index in [4.69, 9.17) is 13.9 Å². The number of ether oxygens (including phenoxy) is 2. The molecule has 2 aromatic carbocycles. The van der Waals surface area contributed by atoms with Gasteiger partial charge in [0, 0.05) is 5.56 Å². The van der Waals surface area contributed by atoms with Crippen LogP contribution in [0.1, 0.15) is 13.8 Å². The molecule has 5 nitrogen and oxygen atoms in total. The molecule has 0 fully saturated rings. The largest absolute Gasteiger partial charge is 0.504 e. The van der Waals surface area contributed by atoms with Gasteiger partial charge in [-0.15, -0.1) is 0 Å². The van der Waals surface area contributed by atoms with Crippen molar-refractivity contribution >= 4 is 11.0 Å². The normalized spacial score (nSPS) is 10.8. The quantitative estimate of drug-likeness (QED) is 0.768. The minimum atomic E-state index is -0.420. The lowest BCUT2D eigenvalue weighted by molar-refractivity contribution is 0.318. The van der Waals surface area contributed by atoms with Crippen molar-refractivity contribution in [3.63, 3.8) is 0 Å². The van der Waals surface area contributed by atoms with E-state index < -0.39 is 5.43 Å². The number of aromatic hydroxyl groups is 1. The van der Waals surface area contributed by atoms with Crippen LogP contribution in [0.2, 0.25) is 0 Å². The van der Waals surface area contributed by atoms with Crippen LogP contribution in [0.3, 0.4) is 0 Å². The lowest BCUT2D eigenvalue weighted by Gasteiger charge is -2.12. The lowest BCUT2D eigenvalue weighted by Crippen LogP contribution is -2.10. The molecule has 3 rings (SSSR count).